The van der Waals surface area contributed by atoms with Gasteiger partial charge < -0.3 is 0 Å². The molecule has 3 saturated heterocycles. The summed E-state index contributed by atoms with van der Waals surface area (Å²) in [5.74, 6) is 1.74. The normalized spacial score (nSPS) is 35.8. The predicted molar refractivity (Wildman–Crippen MR) is 89.4 cm³/mol. The number of hydrogen-bond acceptors (Lipinski definition) is 2. The zero-order valence-corrected chi connectivity index (χ0v) is 12.9. The quantitative estimate of drug-likeness (QED) is 0.823. The van der Waals surface area contributed by atoms with Crippen molar-refractivity contribution in [1.29, 1.82) is 0 Å². The van der Waals surface area contributed by atoms with Crippen LogP contribution in [0.25, 0.3) is 0 Å². The second-order valence-corrected chi connectivity index (χ2v) is 7.29. The summed E-state index contributed by atoms with van der Waals surface area (Å²) in [5, 5.41) is 5.27. The molecule has 0 aromatic heterocycles. The van der Waals surface area contributed by atoms with Gasteiger partial charge in [-0.1, -0.05) is 48.5 Å². The molecule has 4 bridgehead atoms. The summed E-state index contributed by atoms with van der Waals surface area (Å²) >= 11 is 0. The maximum absolute atomic E-state index is 2.63. The van der Waals surface area contributed by atoms with E-state index in [0.717, 1.165) is 11.8 Å². The van der Waals surface area contributed by atoms with Crippen molar-refractivity contribution in [3.05, 3.63) is 66.2 Å². The molecule has 2 aromatic carbocycles. The van der Waals surface area contributed by atoms with Crippen molar-refractivity contribution in [2.45, 2.75) is 24.8 Å². The van der Waals surface area contributed by atoms with E-state index in [1.807, 2.05) is 0 Å². The lowest BCUT2D eigenvalue weighted by Gasteiger charge is -2.65. The number of nitrogens with zero attached hydrogens (tertiary/aromatic N) is 2. The average molecular weight is 290 g/mol. The molecule has 0 radical (unpaired) electrons. The third kappa shape index (κ3) is 1.70. The molecular weight excluding hydrogens is 268 g/mol. The average Bonchev–Trinajstić information content (AvgIpc) is 2.56. The van der Waals surface area contributed by atoms with Crippen molar-refractivity contribution >= 4 is 5.69 Å². The Morgan fingerprint density at radius 2 is 1.36 bits per heavy atom. The van der Waals surface area contributed by atoms with Gasteiger partial charge in [0.25, 0.3) is 0 Å². The molecule has 2 heteroatoms. The maximum Gasteiger partial charge on any atom is 0.0820 e. The molecule has 0 N–H and O–H groups in total. The molecule has 3 heterocycles. The smallest absolute Gasteiger partial charge is 0.0820 e. The number of anilines is 1. The first-order valence-electron chi connectivity index (χ1n) is 8.51. The van der Waals surface area contributed by atoms with Crippen LogP contribution in [0.1, 0.15) is 24.8 Å². The van der Waals surface area contributed by atoms with Crippen molar-refractivity contribution in [2.75, 3.05) is 18.1 Å². The largest absolute Gasteiger partial charge is 0.295 e. The summed E-state index contributed by atoms with van der Waals surface area (Å²) in [4.78, 5) is 0. The molecule has 22 heavy (non-hydrogen) atoms. The van der Waals surface area contributed by atoms with E-state index in [1.54, 1.807) is 0 Å². The predicted octanol–water partition coefficient (Wildman–Crippen LogP) is 4.05. The van der Waals surface area contributed by atoms with Crippen LogP contribution in [0.15, 0.2) is 60.7 Å². The van der Waals surface area contributed by atoms with E-state index in [4.69, 9.17) is 0 Å². The van der Waals surface area contributed by atoms with E-state index in [2.05, 4.69) is 70.7 Å². The van der Waals surface area contributed by atoms with Gasteiger partial charge in [0, 0.05) is 13.1 Å². The molecule has 1 aliphatic carbocycles. The van der Waals surface area contributed by atoms with Crippen molar-refractivity contribution < 1.29 is 0 Å². The Balaban J connectivity index is 1.68. The molecule has 4 fully saturated rings. The summed E-state index contributed by atoms with van der Waals surface area (Å²) in [6, 6.07) is 22.2. The fraction of sp³-hybridized carbons (Fsp3) is 0.400. The van der Waals surface area contributed by atoms with E-state index in [1.165, 1.54) is 43.6 Å². The van der Waals surface area contributed by atoms with Crippen molar-refractivity contribution in [1.82, 2.24) is 5.01 Å². The molecule has 2 atom stereocenters. The molecule has 1 saturated carbocycles. The summed E-state index contributed by atoms with van der Waals surface area (Å²) in [5.41, 5.74) is 3.02. The number of rotatable bonds is 2. The van der Waals surface area contributed by atoms with Gasteiger partial charge in [-0.05, 0) is 48.8 Å². The van der Waals surface area contributed by atoms with Gasteiger partial charge in [0.15, 0.2) is 0 Å². The fourth-order valence-corrected chi connectivity index (χ4v) is 5.32. The third-order valence-corrected chi connectivity index (χ3v) is 5.86. The van der Waals surface area contributed by atoms with Crippen molar-refractivity contribution in [3.8, 4) is 0 Å². The van der Waals surface area contributed by atoms with Crippen LogP contribution in [0, 0.1) is 11.8 Å². The molecule has 3 aliphatic heterocycles. The number of hydrogen-bond donors (Lipinski definition) is 0. The number of para-hydroxylation sites is 1. The van der Waals surface area contributed by atoms with Gasteiger partial charge in [-0.2, -0.15) is 0 Å². The molecule has 0 amide bonds. The molecular formula is C20H22N2. The highest BCUT2D eigenvalue weighted by Gasteiger charge is 2.55. The summed E-state index contributed by atoms with van der Waals surface area (Å²) in [6.07, 6.45) is 4.05. The Morgan fingerprint density at radius 1 is 0.773 bits per heavy atom. The van der Waals surface area contributed by atoms with E-state index in [0.29, 0.717) is 0 Å². The van der Waals surface area contributed by atoms with Crippen molar-refractivity contribution in [3.63, 3.8) is 0 Å². The Kier molecular flexibility index (Phi) is 2.66. The zero-order valence-electron chi connectivity index (χ0n) is 12.9. The van der Waals surface area contributed by atoms with Gasteiger partial charge in [0.05, 0.1) is 11.2 Å². The van der Waals surface area contributed by atoms with Gasteiger partial charge >= 0.3 is 0 Å². The minimum atomic E-state index is 0.173. The summed E-state index contributed by atoms with van der Waals surface area (Å²) < 4.78 is 0. The lowest BCUT2D eigenvalue weighted by Crippen LogP contribution is -2.70. The van der Waals surface area contributed by atoms with Crippen LogP contribution in [-0.2, 0) is 5.54 Å². The Bertz CT molecular complexity index is 653. The van der Waals surface area contributed by atoms with Crippen LogP contribution in [0.2, 0.25) is 0 Å². The monoisotopic (exact) mass is 290 g/mol. The molecule has 2 nitrogen and oxygen atoms in total. The Hall–Kier alpha value is -1.80. The number of piperidine rings is 1. The molecule has 6 rings (SSSR count). The first kappa shape index (κ1) is 12.7. The standard InChI is InChI=1S/C20H22N2/c1-3-7-18(8-4-1)20-12-16-11-17(13-20)15-21(14-16)22(20)19-9-5-2-6-10-19/h1-10,16-17H,11-15H2. The number of hydrazine groups is 1. The lowest BCUT2D eigenvalue weighted by atomic mass is 9.63. The first-order chi connectivity index (χ1) is 10.9. The zero-order chi connectivity index (χ0) is 14.6. The second kappa shape index (κ2) is 4.60. The van der Waals surface area contributed by atoms with Crippen LogP contribution >= 0.6 is 0 Å². The maximum atomic E-state index is 2.63. The first-order valence-corrected chi connectivity index (χ1v) is 8.51. The van der Waals surface area contributed by atoms with Gasteiger partial charge in [-0.15, -0.1) is 0 Å². The van der Waals surface area contributed by atoms with Crippen LogP contribution in [-0.4, -0.2) is 18.1 Å². The highest BCUT2D eigenvalue weighted by molar-refractivity contribution is 5.52. The summed E-state index contributed by atoms with van der Waals surface area (Å²) in [6.45, 7) is 2.47. The molecule has 2 aromatic rings. The van der Waals surface area contributed by atoms with Gasteiger partial charge in [0.1, 0.15) is 0 Å². The van der Waals surface area contributed by atoms with Gasteiger partial charge in [0.2, 0.25) is 0 Å². The van der Waals surface area contributed by atoms with E-state index >= 15 is 0 Å². The van der Waals surface area contributed by atoms with Crippen LogP contribution in [0.3, 0.4) is 0 Å². The lowest BCUT2D eigenvalue weighted by molar-refractivity contribution is -0.0566. The molecule has 112 valence electrons. The highest BCUT2D eigenvalue weighted by atomic mass is 15.7. The minimum absolute atomic E-state index is 0.173. The van der Waals surface area contributed by atoms with E-state index in [-0.39, 0.29) is 5.54 Å². The topological polar surface area (TPSA) is 6.48 Å². The SMILES string of the molecule is c1ccc(N2N3CC4CC(C3)CC2(c2ccccc2)C4)cc1. The van der Waals surface area contributed by atoms with Crippen LogP contribution < -0.4 is 5.01 Å². The Morgan fingerprint density at radius 3 is 2.00 bits per heavy atom. The Labute approximate surface area is 132 Å². The van der Waals surface area contributed by atoms with Gasteiger partial charge in [-0.3, -0.25) is 5.01 Å². The van der Waals surface area contributed by atoms with Crippen molar-refractivity contribution in [2.24, 2.45) is 11.8 Å². The van der Waals surface area contributed by atoms with Gasteiger partial charge in [-0.25, -0.2) is 5.01 Å². The van der Waals surface area contributed by atoms with Crippen LogP contribution in [0.5, 0.6) is 0 Å². The highest BCUT2D eigenvalue weighted by Crippen LogP contribution is 2.55. The number of benzene rings is 2. The third-order valence-electron chi connectivity index (χ3n) is 5.86. The minimum Gasteiger partial charge on any atom is -0.295 e. The molecule has 4 aliphatic rings. The molecule has 2 unspecified atom stereocenters. The molecule has 0 spiro atoms. The van der Waals surface area contributed by atoms with E-state index in [9.17, 15) is 0 Å². The summed E-state index contributed by atoms with van der Waals surface area (Å²) in [7, 11) is 0. The second-order valence-electron chi connectivity index (χ2n) is 7.29. The van der Waals surface area contributed by atoms with E-state index < -0.39 is 0 Å². The van der Waals surface area contributed by atoms with Crippen LogP contribution in [0.4, 0.5) is 5.69 Å². The fourth-order valence-electron chi connectivity index (χ4n) is 5.32.